The molecule has 0 unspecified atom stereocenters. The molecule has 0 radical (unpaired) electrons. The molecule has 1 aliphatic rings. The normalized spacial score (nSPS) is 15.9. The lowest BCUT2D eigenvalue weighted by atomic mass is 9.80. The van der Waals surface area contributed by atoms with Crippen LogP contribution in [-0.4, -0.2) is 33.9 Å². The standard InChI is InChI=1S/C24H25FN4O2/c1-18(30)28-24(20-6-8-21(25)9-7-20)10-14-29(15-11-24)17-19-4-2-5-22(16-19)31-23-26-12-3-13-27-23/h2-9,12-13,16H,10-11,14-15,17H2,1H3,(H,28,30). The number of halogens is 1. The first kappa shape index (κ1) is 20.9. The van der Waals surface area contributed by atoms with Crippen molar-refractivity contribution in [1.82, 2.24) is 20.2 Å². The molecule has 2 heterocycles. The van der Waals surface area contributed by atoms with E-state index in [0.29, 0.717) is 11.8 Å². The molecule has 1 amide bonds. The summed E-state index contributed by atoms with van der Waals surface area (Å²) in [5.74, 6) is 0.340. The van der Waals surface area contributed by atoms with Crippen LogP contribution in [0, 0.1) is 5.82 Å². The quantitative estimate of drug-likeness (QED) is 0.652. The van der Waals surface area contributed by atoms with Crippen molar-refractivity contribution in [2.24, 2.45) is 0 Å². The first-order valence-corrected chi connectivity index (χ1v) is 10.3. The van der Waals surface area contributed by atoms with Crippen LogP contribution in [0.1, 0.15) is 30.9 Å². The van der Waals surface area contributed by atoms with Gasteiger partial charge in [0.2, 0.25) is 5.91 Å². The molecular weight excluding hydrogens is 395 g/mol. The number of likely N-dealkylation sites (tertiary alicyclic amines) is 1. The zero-order valence-electron chi connectivity index (χ0n) is 17.4. The Morgan fingerprint density at radius 3 is 2.48 bits per heavy atom. The minimum absolute atomic E-state index is 0.0780. The highest BCUT2D eigenvalue weighted by Gasteiger charge is 2.36. The predicted octanol–water partition coefficient (Wildman–Crippen LogP) is 4.04. The molecule has 3 aromatic rings. The second-order valence-electron chi connectivity index (χ2n) is 7.83. The molecule has 4 rings (SSSR count). The van der Waals surface area contributed by atoms with Crippen LogP contribution in [0.5, 0.6) is 11.8 Å². The Kier molecular flexibility index (Phi) is 6.23. The molecule has 0 spiro atoms. The molecule has 2 aromatic carbocycles. The predicted molar refractivity (Wildman–Crippen MR) is 115 cm³/mol. The fraction of sp³-hybridized carbons (Fsp3) is 0.292. The van der Waals surface area contributed by atoms with Crippen LogP contribution in [0.2, 0.25) is 0 Å². The van der Waals surface area contributed by atoms with Gasteiger partial charge in [-0.05, 0) is 54.3 Å². The van der Waals surface area contributed by atoms with Gasteiger partial charge < -0.3 is 10.1 Å². The number of carbonyl (C=O) groups excluding carboxylic acids is 1. The van der Waals surface area contributed by atoms with Crippen LogP contribution in [0.4, 0.5) is 4.39 Å². The lowest BCUT2D eigenvalue weighted by molar-refractivity contribution is -0.121. The van der Waals surface area contributed by atoms with Gasteiger partial charge in [-0.2, -0.15) is 0 Å². The van der Waals surface area contributed by atoms with Crippen LogP contribution in [0.25, 0.3) is 0 Å². The number of nitrogens with zero attached hydrogens (tertiary/aromatic N) is 3. The number of piperidine rings is 1. The van der Waals surface area contributed by atoms with E-state index in [4.69, 9.17) is 4.74 Å². The first-order chi connectivity index (χ1) is 15.0. The number of rotatable bonds is 6. The minimum atomic E-state index is -0.467. The van der Waals surface area contributed by atoms with Crippen molar-refractivity contribution in [3.8, 4) is 11.8 Å². The zero-order valence-corrected chi connectivity index (χ0v) is 17.4. The summed E-state index contributed by atoms with van der Waals surface area (Å²) in [6.45, 7) is 3.92. The molecule has 7 heteroatoms. The molecule has 1 N–H and O–H groups in total. The van der Waals surface area contributed by atoms with E-state index in [-0.39, 0.29) is 11.7 Å². The molecule has 1 aromatic heterocycles. The molecule has 160 valence electrons. The molecule has 1 fully saturated rings. The topological polar surface area (TPSA) is 67.4 Å². The average molecular weight is 420 g/mol. The Balaban J connectivity index is 1.42. The summed E-state index contributed by atoms with van der Waals surface area (Å²) in [5, 5.41) is 3.13. The van der Waals surface area contributed by atoms with E-state index in [0.717, 1.165) is 43.6 Å². The maximum absolute atomic E-state index is 13.4. The van der Waals surface area contributed by atoms with Crippen molar-refractivity contribution in [2.45, 2.75) is 31.8 Å². The molecule has 0 saturated carbocycles. The summed E-state index contributed by atoms with van der Waals surface area (Å²) >= 11 is 0. The lowest BCUT2D eigenvalue weighted by Crippen LogP contribution is -2.52. The zero-order chi connectivity index (χ0) is 21.7. The minimum Gasteiger partial charge on any atom is -0.424 e. The second kappa shape index (κ2) is 9.22. The molecule has 0 atom stereocenters. The number of hydrogen-bond donors (Lipinski definition) is 1. The van der Waals surface area contributed by atoms with Crippen molar-refractivity contribution < 1.29 is 13.9 Å². The Bertz CT molecular complexity index is 1020. The van der Waals surface area contributed by atoms with Gasteiger partial charge in [-0.3, -0.25) is 9.69 Å². The number of aromatic nitrogens is 2. The van der Waals surface area contributed by atoms with E-state index < -0.39 is 5.54 Å². The second-order valence-corrected chi connectivity index (χ2v) is 7.83. The summed E-state index contributed by atoms with van der Waals surface area (Å²) in [6.07, 6.45) is 4.79. The summed E-state index contributed by atoms with van der Waals surface area (Å²) in [5.41, 5.74) is 1.61. The summed E-state index contributed by atoms with van der Waals surface area (Å²) in [7, 11) is 0. The lowest BCUT2D eigenvalue weighted by Gasteiger charge is -2.42. The van der Waals surface area contributed by atoms with Gasteiger partial charge in [-0.1, -0.05) is 24.3 Å². The number of amides is 1. The Labute approximate surface area is 181 Å². The van der Waals surface area contributed by atoms with E-state index in [1.165, 1.54) is 19.1 Å². The molecule has 1 saturated heterocycles. The third-order valence-corrected chi connectivity index (χ3v) is 5.58. The van der Waals surface area contributed by atoms with E-state index >= 15 is 0 Å². The number of ether oxygens (including phenoxy) is 1. The van der Waals surface area contributed by atoms with E-state index in [9.17, 15) is 9.18 Å². The third-order valence-electron chi connectivity index (χ3n) is 5.58. The molecular formula is C24H25FN4O2. The monoisotopic (exact) mass is 420 g/mol. The molecule has 0 bridgehead atoms. The average Bonchev–Trinajstić information content (AvgIpc) is 2.76. The molecule has 6 nitrogen and oxygen atoms in total. The Morgan fingerprint density at radius 2 is 1.81 bits per heavy atom. The van der Waals surface area contributed by atoms with Crippen LogP contribution in [-0.2, 0) is 16.9 Å². The van der Waals surface area contributed by atoms with Gasteiger partial charge in [0.15, 0.2) is 0 Å². The van der Waals surface area contributed by atoms with Crippen LogP contribution < -0.4 is 10.1 Å². The van der Waals surface area contributed by atoms with Gasteiger partial charge in [-0.15, -0.1) is 0 Å². The van der Waals surface area contributed by atoms with Crippen LogP contribution in [0.3, 0.4) is 0 Å². The molecule has 0 aliphatic carbocycles. The van der Waals surface area contributed by atoms with Gasteiger partial charge in [-0.25, -0.2) is 14.4 Å². The van der Waals surface area contributed by atoms with Gasteiger partial charge in [0.25, 0.3) is 0 Å². The van der Waals surface area contributed by atoms with Crippen LogP contribution in [0.15, 0.2) is 67.0 Å². The number of carbonyl (C=O) groups is 1. The number of benzene rings is 2. The summed E-state index contributed by atoms with van der Waals surface area (Å²) in [6, 6.07) is 16.4. The van der Waals surface area contributed by atoms with Gasteiger partial charge >= 0.3 is 6.01 Å². The number of hydrogen-bond acceptors (Lipinski definition) is 5. The van der Waals surface area contributed by atoms with Crippen LogP contribution >= 0.6 is 0 Å². The molecule has 1 aliphatic heterocycles. The highest BCUT2D eigenvalue weighted by Crippen LogP contribution is 2.34. The Hall–Kier alpha value is -3.32. The Morgan fingerprint density at radius 1 is 1.10 bits per heavy atom. The van der Waals surface area contributed by atoms with Gasteiger partial charge in [0, 0.05) is 39.0 Å². The summed E-state index contributed by atoms with van der Waals surface area (Å²) < 4.78 is 19.1. The largest absolute Gasteiger partial charge is 0.424 e. The first-order valence-electron chi connectivity index (χ1n) is 10.3. The fourth-order valence-corrected chi connectivity index (χ4v) is 4.09. The summed E-state index contributed by atoms with van der Waals surface area (Å²) in [4.78, 5) is 22.4. The third kappa shape index (κ3) is 5.24. The number of nitrogens with one attached hydrogen (secondary N) is 1. The highest BCUT2D eigenvalue weighted by atomic mass is 19.1. The van der Waals surface area contributed by atoms with Crippen molar-refractivity contribution in [3.63, 3.8) is 0 Å². The molecule has 31 heavy (non-hydrogen) atoms. The van der Waals surface area contributed by atoms with Crippen molar-refractivity contribution >= 4 is 5.91 Å². The van der Waals surface area contributed by atoms with E-state index in [1.54, 1.807) is 30.6 Å². The van der Waals surface area contributed by atoms with Crippen molar-refractivity contribution in [1.29, 1.82) is 0 Å². The SMILES string of the molecule is CC(=O)NC1(c2ccc(F)cc2)CCN(Cc2cccc(Oc3ncccn3)c2)CC1. The van der Waals surface area contributed by atoms with Gasteiger partial charge in [0.1, 0.15) is 11.6 Å². The smallest absolute Gasteiger partial charge is 0.321 e. The van der Waals surface area contributed by atoms with Crippen molar-refractivity contribution in [2.75, 3.05) is 13.1 Å². The maximum atomic E-state index is 13.4. The van der Waals surface area contributed by atoms with Gasteiger partial charge in [0.05, 0.1) is 5.54 Å². The highest BCUT2D eigenvalue weighted by molar-refractivity contribution is 5.74. The fourth-order valence-electron chi connectivity index (χ4n) is 4.09. The van der Waals surface area contributed by atoms with E-state index in [1.807, 2.05) is 18.2 Å². The van der Waals surface area contributed by atoms with E-state index in [2.05, 4.69) is 26.3 Å². The van der Waals surface area contributed by atoms with Crippen molar-refractivity contribution in [3.05, 3.63) is 83.9 Å². The maximum Gasteiger partial charge on any atom is 0.321 e.